The summed E-state index contributed by atoms with van der Waals surface area (Å²) < 4.78 is 0. The summed E-state index contributed by atoms with van der Waals surface area (Å²) in [4.78, 5) is 24.2. The Labute approximate surface area is 133 Å². The van der Waals surface area contributed by atoms with Gasteiger partial charge in [0.05, 0.1) is 12.6 Å². The quantitative estimate of drug-likeness (QED) is 0.618. The second kappa shape index (κ2) is 11.0. The van der Waals surface area contributed by atoms with Gasteiger partial charge in [0.1, 0.15) is 0 Å². The van der Waals surface area contributed by atoms with Crippen molar-refractivity contribution in [2.24, 2.45) is 0 Å². The Hall–Kier alpha value is -1.68. The Kier molecular flexibility index (Phi) is 9.15. The van der Waals surface area contributed by atoms with E-state index in [0.717, 1.165) is 31.4 Å². The molecule has 22 heavy (non-hydrogen) atoms. The van der Waals surface area contributed by atoms with Crippen LogP contribution in [0.3, 0.4) is 0 Å². The number of hydrogen-bond donors (Lipinski definition) is 2. The van der Waals surface area contributed by atoms with Gasteiger partial charge < -0.3 is 10.6 Å². The van der Waals surface area contributed by atoms with Gasteiger partial charge in [-0.1, -0.05) is 50.6 Å². The Morgan fingerprint density at radius 3 is 2.45 bits per heavy atom. The zero-order chi connectivity index (χ0) is 16.2. The van der Waals surface area contributed by atoms with Crippen molar-refractivity contribution in [2.75, 3.05) is 13.1 Å². The Balaban J connectivity index is 2.60. The molecule has 122 valence electrons. The van der Waals surface area contributed by atoms with Crippen molar-refractivity contribution >= 4 is 11.7 Å². The highest BCUT2D eigenvalue weighted by atomic mass is 16.2. The molecule has 1 rings (SSSR count). The van der Waals surface area contributed by atoms with Gasteiger partial charge in [0, 0.05) is 6.42 Å². The van der Waals surface area contributed by atoms with Crippen molar-refractivity contribution in [2.45, 2.75) is 52.0 Å². The van der Waals surface area contributed by atoms with Gasteiger partial charge in [-0.25, -0.2) is 0 Å². The van der Waals surface area contributed by atoms with Gasteiger partial charge in [0.25, 0.3) is 0 Å². The molecule has 0 radical (unpaired) electrons. The van der Waals surface area contributed by atoms with E-state index in [1.54, 1.807) is 0 Å². The molecule has 0 aliphatic heterocycles. The summed E-state index contributed by atoms with van der Waals surface area (Å²) in [5.74, 6) is -0.00486. The minimum atomic E-state index is -0.449. The minimum Gasteiger partial charge on any atom is -0.346 e. The fraction of sp³-hybridized carbons (Fsp3) is 0.556. The third-order valence-corrected chi connectivity index (χ3v) is 3.49. The van der Waals surface area contributed by atoms with E-state index in [9.17, 15) is 9.59 Å². The summed E-state index contributed by atoms with van der Waals surface area (Å²) in [5.41, 5.74) is 1.06. The molecule has 0 aliphatic carbocycles. The van der Waals surface area contributed by atoms with Crippen molar-refractivity contribution in [3.8, 4) is 0 Å². The lowest BCUT2D eigenvalue weighted by Crippen LogP contribution is -2.45. The Morgan fingerprint density at radius 2 is 1.82 bits per heavy atom. The van der Waals surface area contributed by atoms with Gasteiger partial charge >= 0.3 is 0 Å². The van der Waals surface area contributed by atoms with Gasteiger partial charge in [0.15, 0.2) is 5.78 Å². The molecule has 0 saturated heterocycles. The van der Waals surface area contributed by atoms with Crippen LogP contribution in [0.2, 0.25) is 0 Å². The van der Waals surface area contributed by atoms with Crippen LogP contribution in [0.25, 0.3) is 0 Å². The van der Waals surface area contributed by atoms with Gasteiger partial charge in [-0.2, -0.15) is 0 Å². The van der Waals surface area contributed by atoms with E-state index in [1.807, 2.05) is 37.3 Å². The summed E-state index contributed by atoms with van der Waals surface area (Å²) in [7, 11) is 0. The summed E-state index contributed by atoms with van der Waals surface area (Å²) in [6, 6.07) is 9.36. The van der Waals surface area contributed by atoms with Crippen LogP contribution in [-0.4, -0.2) is 30.8 Å². The van der Waals surface area contributed by atoms with Crippen LogP contribution in [0, 0.1) is 0 Å². The minimum absolute atomic E-state index is 0.0457. The zero-order valence-electron chi connectivity index (χ0n) is 13.7. The molecule has 4 nitrogen and oxygen atoms in total. The molecule has 0 spiro atoms. The first-order valence-corrected chi connectivity index (χ1v) is 8.24. The molecule has 1 aromatic rings. The van der Waals surface area contributed by atoms with E-state index in [4.69, 9.17) is 0 Å². The molecule has 1 unspecified atom stereocenters. The molecule has 0 saturated carbocycles. The molecule has 0 fully saturated rings. The van der Waals surface area contributed by atoms with Gasteiger partial charge in [-0.3, -0.25) is 9.59 Å². The number of ketones is 1. The lowest BCUT2D eigenvalue weighted by molar-refractivity contribution is -0.127. The van der Waals surface area contributed by atoms with Crippen molar-refractivity contribution in [3.63, 3.8) is 0 Å². The topological polar surface area (TPSA) is 58.2 Å². The summed E-state index contributed by atoms with van der Waals surface area (Å²) in [5, 5.41) is 6.04. The van der Waals surface area contributed by atoms with Crippen LogP contribution < -0.4 is 10.6 Å². The molecular formula is C18H28N2O2. The van der Waals surface area contributed by atoms with Crippen LogP contribution in [0.1, 0.15) is 45.1 Å². The molecule has 2 N–H and O–H groups in total. The van der Waals surface area contributed by atoms with E-state index in [2.05, 4.69) is 17.6 Å². The number of benzene rings is 1. The van der Waals surface area contributed by atoms with Crippen LogP contribution in [0.15, 0.2) is 30.3 Å². The maximum atomic E-state index is 12.4. The van der Waals surface area contributed by atoms with E-state index >= 15 is 0 Å². The third kappa shape index (κ3) is 7.36. The fourth-order valence-corrected chi connectivity index (χ4v) is 2.23. The van der Waals surface area contributed by atoms with Crippen molar-refractivity contribution < 1.29 is 9.59 Å². The second-order valence-electron chi connectivity index (χ2n) is 5.56. The Bertz CT molecular complexity index is 446. The van der Waals surface area contributed by atoms with Crippen LogP contribution >= 0.6 is 0 Å². The SMILES string of the molecule is CCCCNCC(=O)C(Cc1ccccc1)NC(=O)CCC. The maximum absolute atomic E-state index is 12.4. The molecule has 0 heterocycles. The van der Waals surface area contributed by atoms with Crippen LogP contribution in [-0.2, 0) is 16.0 Å². The fourth-order valence-electron chi connectivity index (χ4n) is 2.23. The maximum Gasteiger partial charge on any atom is 0.220 e. The first kappa shape index (κ1) is 18.4. The first-order chi connectivity index (χ1) is 10.7. The number of nitrogens with one attached hydrogen (secondary N) is 2. The van der Waals surface area contributed by atoms with Crippen molar-refractivity contribution in [1.29, 1.82) is 0 Å². The van der Waals surface area contributed by atoms with Gasteiger partial charge in [-0.15, -0.1) is 0 Å². The highest BCUT2D eigenvalue weighted by Gasteiger charge is 2.20. The van der Waals surface area contributed by atoms with Gasteiger partial charge in [0.2, 0.25) is 5.91 Å². The predicted molar refractivity (Wildman–Crippen MR) is 89.8 cm³/mol. The number of unbranched alkanes of at least 4 members (excludes halogenated alkanes) is 1. The monoisotopic (exact) mass is 304 g/mol. The average molecular weight is 304 g/mol. The van der Waals surface area contributed by atoms with Crippen LogP contribution in [0.4, 0.5) is 0 Å². The summed E-state index contributed by atoms with van der Waals surface area (Å²) in [6.45, 7) is 5.22. The van der Waals surface area contributed by atoms with Crippen molar-refractivity contribution in [3.05, 3.63) is 35.9 Å². The summed E-state index contributed by atoms with van der Waals surface area (Å²) in [6.07, 6.45) is 3.94. The zero-order valence-corrected chi connectivity index (χ0v) is 13.7. The predicted octanol–water partition coefficient (Wildman–Crippen LogP) is 2.47. The number of hydrogen-bond acceptors (Lipinski definition) is 3. The largest absolute Gasteiger partial charge is 0.346 e. The third-order valence-electron chi connectivity index (χ3n) is 3.49. The lowest BCUT2D eigenvalue weighted by Gasteiger charge is -2.18. The number of carbonyl (C=O) groups is 2. The highest BCUT2D eigenvalue weighted by molar-refractivity contribution is 5.90. The highest BCUT2D eigenvalue weighted by Crippen LogP contribution is 2.05. The number of rotatable bonds is 11. The molecule has 1 amide bonds. The van der Waals surface area contributed by atoms with Crippen LogP contribution in [0.5, 0.6) is 0 Å². The molecule has 0 aromatic heterocycles. The normalized spacial score (nSPS) is 11.9. The van der Waals surface area contributed by atoms with E-state index in [-0.39, 0.29) is 11.7 Å². The smallest absolute Gasteiger partial charge is 0.220 e. The average Bonchev–Trinajstić information content (AvgIpc) is 2.52. The first-order valence-electron chi connectivity index (χ1n) is 8.24. The molecule has 4 heteroatoms. The number of carbonyl (C=O) groups excluding carboxylic acids is 2. The standard InChI is InChI=1S/C18H28N2O2/c1-3-5-12-19-14-17(21)16(20-18(22)9-4-2)13-15-10-7-6-8-11-15/h6-8,10-11,16,19H,3-5,9,12-14H2,1-2H3,(H,20,22). The molecule has 0 aliphatic rings. The van der Waals surface area contributed by atoms with E-state index in [1.165, 1.54) is 0 Å². The number of amides is 1. The molecular weight excluding hydrogens is 276 g/mol. The second-order valence-corrected chi connectivity index (χ2v) is 5.56. The molecule has 0 bridgehead atoms. The Morgan fingerprint density at radius 1 is 1.09 bits per heavy atom. The number of Topliss-reactive ketones (excluding diaryl/α,β-unsaturated/α-hetero) is 1. The lowest BCUT2D eigenvalue weighted by atomic mass is 10.0. The molecule has 1 atom stereocenters. The van der Waals surface area contributed by atoms with Crippen molar-refractivity contribution in [1.82, 2.24) is 10.6 Å². The van der Waals surface area contributed by atoms with Gasteiger partial charge in [-0.05, 0) is 31.4 Å². The summed E-state index contributed by atoms with van der Waals surface area (Å²) >= 11 is 0. The molecule has 1 aromatic carbocycles. The van der Waals surface area contributed by atoms with E-state index in [0.29, 0.717) is 19.4 Å². The van der Waals surface area contributed by atoms with E-state index < -0.39 is 6.04 Å².